The van der Waals surface area contributed by atoms with E-state index in [2.05, 4.69) is 44.5 Å². The van der Waals surface area contributed by atoms with E-state index in [0.29, 0.717) is 17.5 Å². The van der Waals surface area contributed by atoms with Crippen LogP contribution >= 0.6 is 0 Å². The van der Waals surface area contributed by atoms with Gasteiger partial charge in [-0.1, -0.05) is 19.1 Å². The first-order chi connectivity index (χ1) is 20.4. The fraction of sp³-hybridized carbons (Fsp3) is 0.455. The second-order valence-electron chi connectivity index (χ2n) is 11.2. The van der Waals surface area contributed by atoms with Crippen molar-refractivity contribution in [3.63, 3.8) is 0 Å². The largest absolute Gasteiger partial charge is 0.497 e. The molecule has 3 aromatic carbocycles. The number of hydrogen-bond donors (Lipinski definition) is 1. The third-order valence-corrected chi connectivity index (χ3v) is 9.99. The van der Waals surface area contributed by atoms with E-state index in [9.17, 15) is 8.42 Å². The summed E-state index contributed by atoms with van der Waals surface area (Å²) in [6.07, 6.45) is 4.55. The molecule has 0 saturated carbocycles. The number of hydrogen-bond acceptors (Lipinski definition) is 7. The Morgan fingerprint density at radius 3 is 2.31 bits per heavy atom. The summed E-state index contributed by atoms with van der Waals surface area (Å²) in [4.78, 5) is 7.87. The van der Waals surface area contributed by atoms with Crippen molar-refractivity contribution in [3.8, 4) is 11.5 Å². The van der Waals surface area contributed by atoms with Gasteiger partial charge in [-0.15, -0.1) is 0 Å². The van der Waals surface area contributed by atoms with Gasteiger partial charge in [0.15, 0.2) is 0 Å². The van der Waals surface area contributed by atoms with Crippen LogP contribution in [0.5, 0.6) is 11.5 Å². The summed E-state index contributed by atoms with van der Waals surface area (Å²) in [5.74, 6) is 1.66. The maximum absolute atomic E-state index is 12.8. The first-order valence-electron chi connectivity index (χ1n) is 15.0. The van der Waals surface area contributed by atoms with Crippen LogP contribution in [0, 0.1) is 0 Å². The molecule has 1 aliphatic heterocycles. The van der Waals surface area contributed by atoms with Crippen molar-refractivity contribution in [2.75, 3.05) is 69.7 Å². The lowest BCUT2D eigenvalue weighted by atomic mass is 9.86. The monoisotopic (exact) mass is 592 g/mol. The molecule has 1 fully saturated rings. The fourth-order valence-electron chi connectivity index (χ4n) is 6.23. The van der Waals surface area contributed by atoms with Crippen LogP contribution in [0.1, 0.15) is 30.9 Å². The van der Waals surface area contributed by atoms with Gasteiger partial charge in [0, 0.05) is 56.7 Å². The number of methoxy groups -OCH3 is 2. The van der Waals surface area contributed by atoms with Crippen LogP contribution in [-0.4, -0.2) is 84.3 Å². The quantitative estimate of drug-likeness (QED) is 0.321. The van der Waals surface area contributed by atoms with Crippen molar-refractivity contribution in [1.82, 2.24) is 9.80 Å². The summed E-state index contributed by atoms with van der Waals surface area (Å²) in [7, 11) is -0.334. The summed E-state index contributed by atoms with van der Waals surface area (Å²) in [6, 6.07) is 21.1. The molecule has 0 unspecified atom stereocenters. The van der Waals surface area contributed by atoms with E-state index in [0.717, 1.165) is 70.1 Å². The zero-order valence-electron chi connectivity index (χ0n) is 25.1. The molecule has 0 bridgehead atoms. The SMILES string of the molecule is CCCN(CCN1CCN(c2ccc(NS(=O)(=O)c3ccc(OC)cc3)cc2)CC1)[C@H]1CCc2c(cccc2OC)C1. The molecule has 1 atom stereocenters. The van der Waals surface area contributed by atoms with Gasteiger partial charge < -0.3 is 14.4 Å². The van der Waals surface area contributed by atoms with Crippen molar-refractivity contribution in [2.45, 2.75) is 43.5 Å². The molecule has 3 aromatic rings. The zero-order valence-corrected chi connectivity index (χ0v) is 25.9. The molecule has 8 nitrogen and oxygen atoms in total. The van der Waals surface area contributed by atoms with Gasteiger partial charge in [0.25, 0.3) is 10.0 Å². The number of sulfonamides is 1. The third kappa shape index (κ3) is 7.19. The number of rotatable bonds is 12. The maximum Gasteiger partial charge on any atom is 0.261 e. The number of anilines is 2. The molecule has 2 aliphatic rings. The summed E-state index contributed by atoms with van der Waals surface area (Å²) in [6.45, 7) is 9.57. The van der Waals surface area contributed by atoms with Gasteiger partial charge in [-0.3, -0.25) is 14.5 Å². The average molecular weight is 593 g/mol. The van der Waals surface area contributed by atoms with Gasteiger partial charge in [-0.25, -0.2) is 8.42 Å². The zero-order chi connectivity index (χ0) is 29.5. The summed E-state index contributed by atoms with van der Waals surface area (Å²) >= 11 is 0. The molecule has 0 amide bonds. The molecule has 1 heterocycles. The molecule has 1 saturated heterocycles. The van der Waals surface area contributed by atoms with E-state index in [-0.39, 0.29) is 4.90 Å². The fourth-order valence-corrected chi connectivity index (χ4v) is 7.29. The molecule has 0 aromatic heterocycles. The van der Waals surface area contributed by atoms with Gasteiger partial charge >= 0.3 is 0 Å². The van der Waals surface area contributed by atoms with Crippen LogP contribution in [0.4, 0.5) is 11.4 Å². The Kier molecular flexibility index (Phi) is 9.92. The summed E-state index contributed by atoms with van der Waals surface area (Å²) in [5, 5.41) is 0. The molecule has 1 aliphatic carbocycles. The van der Waals surface area contributed by atoms with E-state index in [1.54, 1.807) is 38.5 Å². The minimum atomic E-state index is -3.66. The Balaban J connectivity index is 1.11. The molecular formula is C33H44N4O4S. The Labute approximate surface area is 251 Å². The number of nitrogens with one attached hydrogen (secondary N) is 1. The van der Waals surface area contributed by atoms with E-state index in [4.69, 9.17) is 9.47 Å². The van der Waals surface area contributed by atoms with Crippen LogP contribution in [0.15, 0.2) is 71.6 Å². The topological polar surface area (TPSA) is 74.4 Å². The molecule has 1 N–H and O–H groups in total. The smallest absolute Gasteiger partial charge is 0.261 e. The Morgan fingerprint density at radius 2 is 1.64 bits per heavy atom. The molecule has 0 radical (unpaired) electrons. The lowest BCUT2D eigenvalue weighted by Gasteiger charge is -2.39. The van der Waals surface area contributed by atoms with E-state index < -0.39 is 10.0 Å². The highest BCUT2D eigenvalue weighted by molar-refractivity contribution is 7.92. The van der Waals surface area contributed by atoms with E-state index in [1.807, 2.05) is 24.3 Å². The van der Waals surface area contributed by atoms with Crippen LogP contribution < -0.4 is 19.1 Å². The first kappa shape index (κ1) is 30.2. The van der Waals surface area contributed by atoms with E-state index >= 15 is 0 Å². The Bertz CT molecular complexity index is 1400. The normalized spacial score (nSPS) is 17.6. The highest BCUT2D eigenvalue weighted by Crippen LogP contribution is 2.31. The van der Waals surface area contributed by atoms with Crippen molar-refractivity contribution in [2.24, 2.45) is 0 Å². The molecule has 5 rings (SSSR count). The molecule has 226 valence electrons. The highest BCUT2D eigenvalue weighted by atomic mass is 32.2. The standard InChI is InChI=1S/C33H44N4O4S/c1-4-18-36(29-12-17-32-26(25-29)6-5-7-33(32)41-3)22-19-35-20-23-37(24-21-35)28-10-8-27(9-11-28)34-42(38,39)31-15-13-30(40-2)14-16-31/h5-11,13-16,29,34H,4,12,17-25H2,1-3H3/t29-/m0/s1. The molecule has 0 spiro atoms. The predicted octanol–water partition coefficient (Wildman–Crippen LogP) is 4.90. The molecule has 42 heavy (non-hydrogen) atoms. The number of ether oxygens (including phenoxy) is 2. The maximum atomic E-state index is 12.8. The van der Waals surface area contributed by atoms with Crippen molar-refractivity contribution < 1.29 is 17.9 Å². The minimum Gasteiger partial charge on any atom is -0.497 e. The van der Waals surface area contributed by atoms with Crippen LogP contribution in [0.25, 0.3) is 0 Å². The molecular weight excluding hydrogens is 548 g/mol. The van der Waals surface area contributed by atoms with Gasteiger partial charge in [0.2, 0.25) is 0 Å². The van der Waals surface area contributed by atoms with Gasteiger partial charge in [0.1, 0.15) is 11.5 Å². The number of piperazine rings is 1. The summed E-state index contributed by atoms with van der Waals surface area (Å²) < 4.78 is 39.0. The Hall–Kier alpha value is -3.27. The number of fused-ring (bicyclic) bond motifs is 1. The van der Waals surface area contributed by atoms with Crippen molar-refractivity contribution in [1.29, 1.82) is 0 Å². The van der Waals surface area contributed by atoms with E-state index in [1.165, 1.54) is 24.0 Å². The lowest BCUT2D eigenvalue weighted by Crippen LogP contribution is -2.50. The number of nitrogens with zero attached hydrogens (tertiary/aromatic N) is 3. The lowest BCUT2D eigenvalue weighted by molar-refractivity contribution is 0.145. The Morgan fingerprint density at radius 1 is 0.905 bits per heavy atom. The van der Waals surface area contributed by atoms with Crippen molar-refractivity contribution >= 4 is 21.4 Å². The third-order valence-electron chi connectivity index (χ3n) is 8.59. The second-order valence-corrected chi connectivity index (χ2v) is 12.9. The second kappa shape index (κ2) is 13.8. The van der Waals surface area contributed by atoms with Crippen molar-refractivity contribution in [3.05, 3.63) is 77.9 Å². The van der Waals surface area contributed by atoms with Crippen LogP contribution in [0.2, 0.25) is 0 Å². The molecule has 9 heteroatoms. The van der Waals surface area contributed by atoms with Crippen LogP contribution in [-0.2, 0) is 22.9 Å². The predicted molar refractivity (Wildman–Crippen MR) is 170 cm³/mol. The highest BCUT2D eigenvalue weighted by Gasteiger charge is 2.26. The van der Waals surface area contributed by atoms with Gasteiger partial charge in [-0.2, -0.15) is 0 Å². The van der Waals surface area contributed by atoms with Gasteiger partial charge in [0.05, 0.1) is 19.1 Å². The minimum absolute atomic E-state index is 0.203. The van der Waals surface area contributed by atoms with Crippen LogP contribution in [0.3, 0.4) is 0 Å². The first-order valence-corrected chi connectivity index (χ1v) is 16.5. The van der Waals surface area contributed by atoms with Gasteiger partial charge in [-0.05, 0) is 98.0 Å². The summed E-state index contributed by atoms with van der Waals surface area (Å²) in [5.41, 5.74) is 4.50. The number of benzene rings is 3. The average Bonchev–Trinajstić information content (AvgIpc) is 3.03.